The molecular formula is C28H40O8. The molecule has 1 aliphatic heterocycles. The maximum Gasteiger partial charge on any atom is 0.161 e. The van der Waals surface area contributed by atoms with E-state index in [1.165, 1.54) is 5.56 Å². The van der Waals surface area contributed by atoms with Crippen LogP contribution < -0.4 is 18.9 Å². The fourth-order valence-corrected chi connectivity index (χ4v) is 3.38. The maximum absolute atomic E-state index is 6.01. The van der Waals surface area contributed by atoms with Gasteiger partial charge in [-0.25, -0.2) is 0 Å². The minimum Gasteiger partial charge on any atom is -0.487 e. The third-order valence-electron chi connectivity index (χ3n) is 5.34. The third kappa shape index (κ3) is 10.2. The molecule has 0 aromatic heterocycles. The van der Waals surface area contributed by atoms with Crippen LogP contribution in [-0.2, 0) is 24.4 Å². The molecule has 0 fully saturated rings. The molecule has 8 heteroatoms. The smallest absolute Gasteiger partial charge is 0.161 e. The molecule has 0 saturated carbocycles. The minimum absolute atomic E-state index is 0.00486. The van der Waals surface area contributed by atoms with Crippen molar-refractivity contribution in [2.45, 2.75) is 26.2 Å². The Morgan fingerprint density at radius 2 is 0.806 bits per heavy atom. The van der Waals surface area contributed by atoms with Gasteiger partial charge in [0.25, 0.3) is 0 Å². The molecule has 0 spiro atoms. The molecular weight excluding hydrogens is 464 g/mol. The Hall–Kier alpha value is -2.52. The lowest BCUT2D eigenvalue weighted by Gasteiger charge is -2.21. The standard InChI is InChI=1S/C28H40O8/c1-28(2,3)23-8-9-26-27(22-23)36-21-17-32-13-12-30-15-19-34-25-7-5-4-6-24(25)33-18-14-29-10-11-31-16-20-35-26/h4-9,22H,10-21H2,1-3H3. The van der Waals surface area contributed by atoms with Crippen molar-refractivity contribution in [1.29, 1.82) is 0 Å². The molecule has 0 atom stereocenters. The summed E-state index contributed by atoms with van der Waals surface area (Å²) in [5, 5.41) is 0. The largest absolute Gasteiger partial charge is 0.487 e. The second kappa shape index (κ2) is 15.6. The van der Waals surface area contributed by atoms with Crippen molar-refractivity contribution in [1.82, 2.24) is 0 Å². The van der Waals surface area contributed by atoms with Crippen LogP contribution in [0.1, 0.15) is 26.3 Å². The van der Waals surface area contributed by atoms with E-state index < -0.39 is 0 Å². The number of para-hydroxylation sites is 2. The monoisotopic (exact) mass is 504 g/mol. The van der Waals surface area contributed by atoms with Crippen LogP contribution in [0.4, 0.5) is 0 Å². The van der Waals surface area contributed by atoms with Crippen LogP contribution in [0.25, 0.3) is 0 Å². The van der Waals surface area contributed by atoms with Crippen molar-refractivity contribution < 1.29 is 37.9 Å². The van der Waals surface area contributed by atoms with Crippen LogP contribution in [0, 0.1) is 0 Å². The van der Waals surface area contributed by atoms with Crippen molar-refractivity contribution in [3.8, 4) is 23.0 Å². The summed E-state index contributed by atoms with van der Waals surface area (Å²) in [7, 11) is 0. The SMILES string of the molecule is CC(C)(C)c1ccc2c(c1)OCCOCCOCCOc1ccccc1OCCOCCOCCO2. The second-order valence-corrected chi connectivity index (χ2v) is 9.20. The molecule has 36 heavy (non-hydrogen) atoms. The highest BCUT2D eigenvalue weighted by atomic mass is 16.6. The van der Waals surface area contributed by atoms with Crippen LogP contribution in [0.3, 0.4) is 0 Å². The van der Waals surface area contributed by atoms with E-state index >= 15 is 0 Å². The Bertz CT molecular complexity index is 880. The van der Waals surface area contributed by atoms with Crippen LogP contribution in [0.2, 0.25) is 0 Å². The van der Waals surface area contributed by atoms with Crippen LogP contribution in [0.5, 0.6) is 23.0 Å². The Labute approximate surface area is 214 Å². The quantitative estimate of drug-likeness (QED) is 0.527. The predicted molar refractivity (Wildman–Crippen MR) is 137 cm³/mol. The predicted octanol–water partition coefficient (Wildman–Crippen LogP) is 4.28. The van der Waals surface area contributed by atoms with Gasteiger partial charge in [0, 0.05) is 0 Å². The summed E-state index contributed by atoms with van der Waals surface area (Å²) in [4.78, 5) is 0. The van der Waals surface area contributed by atoms with E-state index in [-0.39, 0.29) is 5.41 Å². The molecule has 0 bridgehead atoms. The van der Waals surface area contributed by atoms with Crippen molar-refractivity contribution in [2.75, 3.05) is 79.3 Å². The van der Waals surface area contributed by atoms with Gasteiger partial charge in [-0.05, 0) is 35.2 Å². The molecule has 200 valence electrons. The van der Waals surface area contributed by atoms with Crippen molar-refractivity contribution in [2.24, 2.45) is 0 Å². The zero-order valence-electron chi connectivity index (χ0n) is 21.8. The van der Waals surface area contributed by atoms with Gasteiger partial charge in [0.1, 0.15) is 26.4 Å². The fraction of sp³-hybridized carbons (Fsp3) is 0.571. The normalized spacial score (nSPS) is 18.1. The van der Waals surface area contributed by atoms with Gasteiger partial charge in [-0.3, -0.25) is 0 Å². The molecule has 0 radical (unpaired) electrons. The van der Waals surface area contributed by atoms with Crippen molar-refractivity contribution in [3.05, 3.63) is 48.0 Å². The van der Waals surface area contributed by atoms with Crippen LogP contribution >= 0.6 is 0 Å². The molecule has 0 saturated heterocycles. The highest BCUT2D eigenvalue weighted by Gasteiger charge is 2.17. The number of rotatable bonds is 0. The van der Waals surface area contributed by atoms with Crippen molar-refractivity contribution >= 4 is 0 Å². The molecule has 0 N–H and O–H groups in total. The van der Waals surface area contributed by atoms with Gasteiger partial charge >= 0.3 is 0 Å². The van der Waals surface area contributed by atoms with Gasteiger partial charge in [0.05, 0.1) is 52.9 Å². The van der Waals surface area contributed by atoms with Gasteiger partial charge in [-0.1, -0.05) is 39.0 Å². The first kappa shape index (κ1) is 28.1. The molecule has 0 unspecified atom stereocenters. The summed E-state index contributed by atoms with van der Waals surface area (Å²) in [6.07, 6.45) is 0. The Morgan fingerprint density at radius 1 is 0.444 bits per heavy atom. The van der Waals surface area contributed by atoms with E-state index in [0.717, 1.165) is 0 Å². The van der Waals surface area contributed by atoms with Gasteiger partial charge < -0.3 is 37.9 Å². The van der Waals surface area contributed by atoms with E-state index in [1.54, 1.807) is 0 Å². The molecule has 8 nitrogen and oxygen atoms in total. The average molecular weight is 505 g/mol. The molecule has 0 amide bonds. The zero-order chi connectivity index (χ0) is 25.5. The molecule has 1 heterocycles. The van der Waals surface area contributed by atoms with Gasteiger partial charge in [-0.2, -0.15) is 0 Å². The highest BCUT2D eigenvalue weighted by Crippen LogP contribution is 2.33. The Balaban J connectivity index is 1.52. The molecule has 2 aromatic carbocycles. The topological polar surface area (TPSA) is 73.8 Å². The third-order valence-corrected chi connectivity index (χ3v) is 5.34. The second-order valence-electron chi connectivity index (χ2n) is 9.20. The van der Waals surface area contributed by atoms with Crippen LogP contribution in [-0.4, -0.2) is 79.3 Å². The number of benzene rings is 2. The number of fused-ring (bicyclic) bond motifs is 2. The molecule has 1 aliphatic rings. The van der Waals surface area contributed by atoms with E-state index in [4.69, 9.17) is 37.9 Å². The Morgan fingerprint density at radius 3 is 1.22 bits per heavy atom. The minimum atomic E-state index is 0.00486. The fourth-order valence-electron chi connectivity index (χ4n) is 3.38. The first-order valence-corrected chi connectivity index (χ1v) is 12.6. The number of hydrogen-bond acceptors (Lipinski definition) is 8. The summed E-state index contributed by atoms with van der Waals surface area (Å²) in [5.41, 5.74) is 1.18. The number of ether oxygens (including phenoxy) is 8. The van der Waals surface area contributed by atoms with Gasteiger partial charge in [0.15, 0.2) is 23.0 Å². The van der Waals surface area contributed by atoms with Gasteiger partial charge in [0.2, 0.25) is 0 Å². The first-order valence-electron chi connectivity index (χ1n) is 12.6. The molecule has 2 aromatic rings. The van der Waals surface area contributed by atoms with E-state index in [9.17, 15) is 0 Å². The number of hydrogen-bond donors (Lipinski definition) is 0. The molecule has 0 aliphatic carbocycles. The van der Waals surface area contributed by atoms with Gasteiger partial charge in [-0.15, -0.1) is 0 Å². The van der Waals surface area contributed by atoms with E-state index in [1.807, 2.05) is 36.4 Å². The summed E-state index contributed by atoms with van der Waals surface area (Å²) in [6.45, 7) is 11.9. The highest BCUT2D eigenvalue weighted by molar-refractivity contribution is 5.45. The van der Waals surface area contributed by atoms with E-state index in [2.05, 4.69) is 26.8 Å². The lowest BCUT2D eigenvalue weighted by Crippen LogP contribution is -2.16. The lowest BCUT2D eigenvalue weighted by atomic mass is 9.87. The lowest BCUT2D eigenvalue weighted by molar-refractivity contribution is 0.0223. The van der Waals surface area contributed by atoms with Crippen LogP contribution in [0.15, 0.2) is 42.5 Å². The zero-order valence-corrected chi connectivity index (χ0v) is 21.8. The summed E-state index contributed by atoms with van der Waals surface area (Å²) in [6, 6.07) is 13.6. The summed E-state index contributed by atoms with van der Waals surface area (Å²) >= 11 is 0. The summed E-state index contributed by atoms with van der Waals surface area (Å²) < 4.78 is 46.1. The average Bonchev–Trinajstić information content (AvgIpc) is 2.86. The molecule has 3 rings (SSSR count). The first-order chi connectivity index (χ1) is 17.5. The summed E-state index contributed by atoms with van der Waals surface area (Å²) in [5.74, 6) is 2.76. The van der Waals surface area contributed by atoms with E-state index in [0.29, 0.717) is 102 Å². The Kier molecular flexibility index (Phi) is 12.1. The van der Waals surface area contributed by atoms with Crippen molar-refractivity contribution in [3.63, 3.8) is 0 Å². The maximum atomic E-state index is 6.01.